The van der Waals surface area contributed by atoms with Crippen LogP contribution in [-0.2, 0) is 12.8 Å². The monoisotopic (exact) mass is 357 g/mol. The Morgan fingerprint density at radius 3 is 2.41 bits per heavy atom. The van der Waals surface area contributed by atoms with Gasteiger partial charge in [0.15, 0.2) is 0 Å². The summed E-state index contributed by atoms with van der Waals surface area (Å²) in [6.07, 6.45) is 4.57. The molecule has 0 radical (unpaired) electrons. The highest BCUT2D eigenvalue weighted by Crippen LogP contribution is 2.40. The maximum atomic E-state index is 5.36. The summed E-state index contributed by atoms with van der Waals surface area (Å²) in [5.41, 5.74) is 7.99. The molecule has 1 aromatic heterocycles. The number of methoxy groups -OCH3 is 1. The van der Waals surface area contributed by atoms with E-state index in [0.29, 0.717) is 0 Å². The summed E-state index contributed by atoms with van der Waals surface area (Å²) >= 11 is 0. The van der Waals surface area contributed by atoms with Gasteiger partial charge in [0.05, 0.1) is 12.6 Å². The summed E-state index contributed by atoms with van der Waals surface area (Å²) in [5, 5.41) is 2.67. The van der Waals surface area contributed by atoms with Crippen LogP contribution in [0.1, 0.15) is 37.8 Å². The highest BCUT2D eigenvalue weighted by atomic mass is 16.5. The van der Waals surface area contributed by atoms with Gasteiger partial charge in [-0.2, -0.15) is 0 Å². The molecule has 0 saturated heterocycles. The normalized spacial score (nSPS) is 11.4. The zero-order valence-corrected chi connectivity index (χ0v) is 16.4. The Labute approximate surface area is 161 Å². The summed E-state index contributed by atoms with van der Waals surface area (Å²) < 4.78 is 5.36. The van der Waals surface area contributed by atoms with E-state index in [2.05, 4.69) is 73.4 Å². The predicted molar refractivity (Wildman–Crippen MR) is 116 cm³/mol. The number of rotatable bonds is 6. The van der Waals surface area contributed by atoms with Crippen LogP contribution in [0.4, 0.5) is 0 Å². The largest absolute Gasteiger partial charge is 0.497 e. The topological polar surface area (TPSA) is 25.0 Å². The van der Waals surface area contributed by atoms with Crippen LogP contribution in [0.2, 0.25) is 0 Å². The molecule has 2 heteroatoms. The lowest BCUT2D eigenvalue weighted by atomic mass is 9.89. The maximum absolute atomic E-state index is 5.36. The third kappa shape index (κ3) is 3.10. The molecule has 0 atom stereocenters. The summed E-state index contributed by atoms with van der Waals surface area (Å²) in [5.74, 6) is 0.895. The van der Waals surface area contributed by atoms with Crippen LogP contribution >= 0.6 is 0 Å². The van der Waals surface area contributed by atoms with Crippen molar-refractivity contribution in [3.05, 3.63) is 65.7 Å². The van der Waals surface area contributed by atoms with Gasteiger partial charge < -0.3 is 9.72 Å². The quantitative estimate of drug-likeness (QED) is 0.399. The van der Waals surface area contributed by atoms with Crippen molar-refractivity contribution < 1.29 is 4.74 Å². The zero-order valence-electron chi connectivity index (χ0n) is 16.4. The number of benzene rings is 3. The van der Waals surface area contributed by atoms with E-state index in [9.17, 15) is 0 Å². The van der Waals surface area contributed by atoms with Gasteiger partial charge in [0.25, 0.3) is 0 Å². The smallest absolute Gasteiger partial charge is 0.118 e. The molecule has 0 aliphatic carbocycles. The SMILES string of the molecule is CCCCc1cc(CC)c(-c2ccc(OC)cc2)c2c1[nH]c1ccccc12. The van der Waals surface area contributed by atoms with E-state index in [4.69, 9.17) is 4.74 Å². The molecule has 0 fully saturated rings. The predicted octanol–water partition coefficient (Wildman–Crippen LogP) is 6.90. The Balaban J connectivity index is 2.06. The van der Waals surface area contributed by atoms with Gasteiger partial charge in [-0.3, -0.25) is 0 Å². The molecule has 1 heterocycles. The number of fused-ring (bicyclic) bond motifs is 3. The maximum Gasteiger partial charge on any atom is 0.118 e. The second kappa shape index (κ2) is 7.48. The standard InChI is InChI=1S/C25H27NO/c1-4-6-9-19-16-17(5-2)23(18-12-14-20(27-3)15-13-18)24-21-10-7-8-11-22(21)26-25(19)24/h7-8,10-16,26H,4-6,9H2,1-3H3. The van der Waals surface area contributed by atoms with Crippen molar-refractivity contribution in [2.75, 3.05) is 7.11 Å². The molecule has 0 amide bonds. The summed E-state index contributed by atoms with van der Waals surface area (Å²) in [6, 6.07) is 19.6. The lowest BCUT2D eigenvalue weighted by molar-refractivity contribution is 0.415. The van der Waals surface area contributed by atoms with Crippen molar-refractivity contribution in [2.24, 2.45) is 0 Å². The number of H-pyrrole nitrogens is 1. The number of hydrogen-bond acceptors (Lipinski definition) is 1. The van der Waals surface area contributed by atoms with Gasteiger partial charge in [-0.25, -0.2) is 0 Å². The molecule has 0 aliphatic heterocycles. The fourth-order valence-electron chi connectivity index (χ4n) is 4.09. The van der Waals surface area contributed by atoms with Crippen molar-refractivity contribution >= 4 is 21.8 Å². The van der Waals surface area contributed by atoms with Crippen molar-refractivity contribution in [2.45, 2.75) is 39.5 Å². The molecule has 27 heavy (non-hydrogen) atoms. The van der Waals surface area contributed by atoms with Crippen molar-refractivity contribution in [1.29, 1.82) is 0 Å². The van der Waals surface area contributed by atoms with Crippen molar-refractivity contribution in [3.63, 3.8) is 0 Å². The van der Waals surface area contributed by atoms with E-state index in [-0.39, 0.29) is 0 Å². The number of nitrogens with one attached hydrogen (secondary N) is 1. The van der Waals surface area contributed by atoms with Crippen molar-refractivity contribution in [3.8, 4) is 16.9 Å². The van der Waals surface area contributed by atoms with E-state index >= 15 is 0 Å². The molecular formula is C25H27NO. The van der Waals surface area contributed by atoms with E-state index < -0.39 is 0 Å². The molecule has 0 saturated carbocycles. The Bertz CT molecular complexity index is 1070. The summed E-state index contributed by atoms with van der Waals surface area (Å²) in [7, 11) is 1.72. The van der Waals surface area contributed by atoms with Crippen LogP contribution in [0.25, 0.3) is 32.9 Å². The Morgan fingerprint density at radius 2 is 1.70 bits per heavy atom. The zero-order chi connectivity index (χ0) is 18.8. The van der Waals surface area contributed by atoms with Crippen LogP contribution in [0.5, 0.6) is 5.75 Å². The van der Waals surface area contributed by atoms with Gasteiger partial charge in [-0.1, -0.05) is 56.7 Å². The number of unbranched alkanes of at least 4 members (excludes halogenated alkanes) is 1. The summed E-state index contributed by atoms with van der Waals surface area (Å²) in [6.45, 7) is 4.52. The molecule has 0 spiro atoms. The first-order valence-electron chi connectivity index (χ1n) is 9.96. The Morgan fingerprint density at radius 1 is 0.926 bits per heavy atom. The second-order valence-electron chi connectivity index (χ2n) is 7.18. The fraction of sp³-hybridized carbons (Fsp3) is 0.280. The average Bonchev–Trinajstić information content (AvgIpc) is 3.11. The van der Waals surface area contributed by atoms with E-state index in [1.165, 1.54) is 56.9 Å². The molecule has 0 bridgehead atoms. The minimum absolute atomic E-state index is 0.895. The third-order valence-electron chi connectivity index (χ3n) is 5.51. The first-order valence-corrected chi connectivity index (χ1v) is 9.96. The molecular weight excluding hydrogens is 330 g/mol. The van der Waals surface area contributed by atoms with Gasteiger partial charge in [0, 0.05) is 16.3 Å². The number of para-hydroxylation sites is 1. The lowest BCUT2D eigenvalue weighted by Gasteiger charge is -2.15. The number of hydrogen-bond donors (Lipinski definition) is 1. The van der Waals surface area contributed by atoms with E-state index in [1.54, 1.807) is 7.11 Å². The van der Waals surface area contributed by atoms with Gasteiger partial charge >= 0.3 is 0 Å². The molecule has 4 aromatic rings. The van der Waals surface area contributed by atoms with Gasteiger partial charge in [-0.15, -0.1) is 0 Å². The van der Waals surface area contributed by atoms with Crippen LogP contribution in [0.3, 0.4) is 0 Å². The van der Waals surface area contributed by atoms with Crippen LogP contribution in [0.15, 0.2) is 54.6 Å². The summed E-state index contributed by atoms with van der Waals surface area (Å²) in [4.78, 5) is 3.71. The van der Waals surface area contributed by atoms with Crippen molar-refractivity contribution in [1.82, 2.24) is 4.98 Å². The van der Waals surface area contributed by atoms with E-state index in [0.717, 1.165) is 18.6 Å². The highest BCUT2D eigenvalue weighted by molar-refractivity contribution is 6.15. The molecule has 3 aromatic carbocycles. The number of aryl methyl sites for hydroxylation is 2. The van der Waals surface area contributed by atoms with Crippen LogP contribution in [-0.4, -0.2) is 12.1 Å². The average molecular weight is 357 g/mol. The lowest BCUT2D eigenvalue weighted by Crippen LogP contribution is -1.95. The second-order valence-corrected chi connectivity index (χ2v) is 7.18. The minimum Gasteiger partial charge on any atom is -0.497 e. The molecule has 138 valence electrons. The van der Waals surface area contributed by atoms with E-state index in [1.807, 2.05) is 0 Å². The molecule has 1 N–H and O–H groups in total. The Hall–Kier alpha value is -2.74. The first kappa shape index (κ1) is 17.7. The van der Waals surface area contributed by atoms with Gasteiger partial charge in [0.2, 0.25) is 0 Å². The number of aromatic nitrogens is 1. The van der Waals surface area contributed by atoms with Gasteiger partial charge in [-0.05, 0) is 59.7 Å². The van der Waals surface area contributed by atoms with Gasteiger partial charge in [0.1, 0.15) is 5.75 Å². The third-order valence-corrected chi connectivity index (χ3v) is 5.51. The minimum atomic E-state index is 0.895. The molecule has 2 nitrogen and oxygen atoms in total. The molecule has 0 unspecified atom stereocenters. The number of aromatic amines is 1. The fourth-order valence-corrected chi connectivity index (χ4v) is 4.09. The highest BCUT2D eigenvalue weighted by Gasteiger charge is 2.17. The molecule has 4 rings (SSSR count). The Kier molecular flexibility index (Phi) is 4.89. The first-order chi connectivity index (χ1) is 13.3. The number of ether oxygens (including phenoxy) is 1. The van der Waals surface area contributed by atoms with Crippen LogP contribution in [0, 0.1) is 0 Å². The molecule has 0 aliphatic rings. The van der Waals surface area contributed by atoms with Crippen LogP contribution < -0.4 is 4.74 Å².